The molecule has 1 unspecified atom stereocenters. The van der Waals surface area contributed by atoms with E-state index in [1.54, 1.807) is 31.4 Å². The standard InChI is InChI=1S/C16H14N2O3/c1-3-4-13(9-17)18-16(19)12-7-11-8-14(20-2)5-6-15(11)21-10-12/h1,5-8,13H,4,10H2,2H3,(H,18,19). The summed E-state index contributed by atoms with van der Waals surface area (Å²) < 4.78 is 10.7. The van der Waals surface area contributed by atoms with Crippen molar-refractivity contribution < 1.29 is 14.3 Å². The highest BCUT2D eigenvalue weighted by molar-refractivity contribution is 5.99. The van der Waals surface area contributed by atoms with Crippen molar-refractivity contribution in [1.29, 1.82) is 5.26 Å². The minimum atomic E-state index is -0.699. The topological polar surface area (TPSA) is 71.4 Å². The lowest BCUT2D eigenvalue weighted by Crippen LogP contribution is -2.36. The van der Waals surface area contributed by atoms with Gasteiger partial charge in [-0.05, 0) is 24.3 Å². The Balaban J connectivity index is 2.18. The van der Waals surface area contributed by atoms with Gasteiger partial charge in [-0.25, -0.2) is 0 Å². The molecule has 0 aliphatic carbocycles. The van der Waals surface area contributed by atoms with E-state index in [0.717, 1.165) is 5.56 Å². The first-order valence-electron chi connectivity index (χ1n) is 6.33. The molecule has 1 aromatic rings. The maximum Gasteiger partial charge on any atom is 0.251 e. The van der Waals surface area contributed by atoms with Crippen LogP contribution in [0.25, 0.3) is 6.08 Å². The molecule has 2 rings (SSSR count). The summed E-state index contributed by atoms with van der Waals surface area (Å²) in [7, 11) is 1.57. The number of carbonyl (C=O) groups is 1. The van der Waals surface area contributed by atoms with Crippen LogP contribution < -0.4 is 14.8 Å². The molecule has 5 heteroatoms. The molecule has 106 valence electrons. The Bertz CT molecular complexity index is 665. The predicted octanol–water partition coefficient (Wildman–Crippen LogP) is 1.50. The van der Waals surface area contributed by atoms with E-state index in [9.17, 15) is 4.79 Å². The third-order valence-electron chi connectivity index (χ3n) is 3.00. The summed E-state index contributed by atoms with van der Waals surface area (Å²) in [5, 5.41) is 11.5. The molecular formula is C16H14N2O3. The molecule has 1 aromatic carbocycles. The Kier molecular flexibility index (Phi) is 4.48. The molecule has 0 spiro atoms. The molecule has 0 saturated carbocycles. The van der Waals surface area contributed by atoms with Crippen molar-refractivity contribution in [3.63, 3.8) is 0 Å². The normalized spacial score (nSPS) is 13.6. The van der Waals surface area contributed by atoms with Gasteiger partial charge in [0.05, 0.1) is 18.8 Å². The molecule has 5 nitrogen and oxygen atoms in total. The summed E-state index contributed by atoms with van der Waals surface area (Å²) >= 11 is 0. The number of ether oxygens (including phenoxy) is 2. The number of amides is 1. The number of nitrogens with zero attached hydrogens (tertiary/aromatic N) is 1. The Morgan fingerprint density at radius 1 is 1.62 bits per heavy atom. The lowest BCUT2D eigenvalue weighted by Gasteiger charge is -2.19. The number of terminal acetylenes is 1. The van der Waals surface area contributed by atoms with E-state index in [0.29, 0.717) is 17.1 Å². The maximum atomic E-state index is 12.1. The minimum Gasteiger partial charge on any atom is -0.497 e. The van der Waals surface area contributed by atoms with Gasteiger partial charge in [-0.15, -0.1) is 12.3 Å². The number of carbonyl (C=O) groups excluding carboxylic acids is 1. The smallest absolute Gasteiger partial charge is 0.251 e. The van der Waals surface area contributed by atoms with Gasteiger partial charge in [0.1, 0.15) is 24.1 Å². The van der Waals surface area contributed by atoms with E-state index >= 15 is 0 Å². The molecule has 0 aromatic heterocycles. The highest BCUT2D eigenvalue weighted by Crippen LogP contribution is 2.29. The summed E-state index contributed by atoms with van der Waals surface area (Å²) in [6.45, 7) is 0.152. The summed E-state index contributed by atoms with van der Waals surface area (Å²) in [5.41, 5.74) is 1.20. The summed E-state index contributed by atoms with van der Waals surface area (Å²) in [6.07, 6.45) is 7.04. The first kappa shape index (κ1) is 14.5. The van der Waals surface area contributed by atoms with Crippen molar-refractivity contribution >= 4 is 12.0 Å². The van der Waals surface area contributed by atoms with Crippen LogP contribution in [-0.2, 0) is 4.79 Å². The Hall–Kier alpha value is -2.92. The van der Waals surface area contributed by atoms with Gasteiger partial charge in [0.25, 0.3) is 5.91 Å². The Morgan fingerprint density at radius 3 is 3.10 bits per heavy atom. The van der Waals surface area contributed by atoms with Crippen LogP contribution in [0.15, 0.2) is 23.8 Å². The first-order valence-corrected chi connectivity index (χ1v) is 6.33. The minimum absolute atomic E-state index is 0.152. The molecule has 0 bridgehead atoms. The molecule has 1 amide bonds. The summed E-state index contributed by atoms with van der Waals surface area (Å²) in [6, 6.07) is 6.61. The summed E-state index contributed by atoms with van der Waals surface area (Å²) in [5.74, 6) is 3.36. The van der Waals surface area contributed by atoms with Crippen molar-refractivity contribution in [2.24, 2.45) is 0 Å². The van der Waals surface area contributed by atoms with Crippen molar-refractivity contribution in [2.75, 3.05) is 13.7 Å². The second-order valence-electron chi connectivity index (χ2n) is 4.43. The highest BCUT2D eigenvalue weighted by atomic mass is 16.5. The van der Waals surface area contributed by atoms with E-state index in [4.69, 9.17) is 21.2 Å². The van der Waals surface area contributed by atoms with Gasteiger partial charge in [-0.3, -0.25) is 4.79 Å². The molecule has 1 heterocycles. The van der Waals surface area contributed by atoms with Crippen LogP contribution in [0.2, 0.25) is 0 Å². The lowest BCUT2D eigenvalue weighted by molar-refractivity contribution is -0.118. The number of benzene rings is 1. The van der Waals surface area contributed by atoms with E-state index in [1.165, 1.54) is 0 Å². The molecular weight excluding hydrogens is 268 g/mol. The fourth-order valence-electron chi connectivity index (χ4n) is 1.91. The number of rotatable bonds is 4. The van der Waals surface area contributed by atoms with Crippen LogP contribution in [0.5, 0.6) is 11.5 Å². The number of hydrogen-bond acceptors (Lipinski definition) is 4. The van der Waals surface area contributed by atoms with Gasteiger partial charge in [0.15, 0.2) is 0 Å². The fraction of sp³-hybridized carbons (Fsp3) is 0.250. The Labute approximate surface area is 123 Å². The maximum absolute atomic E-state index is 12.1. The van der Waals surface area contributed by atoms with E-state index < -0.39 is 6.04 Å². The van der Waals surface area contributed by atoms with Crippen molar-refractivity contribution in [3.05, 3.63) is 29.3 Å². The first-order chi connectivity index (χ1) is 10.2. The number of nitrogens with one attached hydrogen (secondary N) is 1. The zero-order valence-corrected chi connectivity index (χ0v) is 11.6. The molecule has 21 heavy (non-hydrogen) atoms. The third-order valence-corrected chi connectivity index (χ3v) is 3.00. The van der Waals surface area contributed by atoms with E-state index in [1.807, 2.05) is 6.07 Å². The molecule has 0 radical (unpaired) electrons. The third kappa shape index (κ3) is 3.34. The quantitative estimate of drug-likeness (QED) is 0.850. The predicted molar refractivity (Wildman–Crippen MR) is 77.5 cm³/mol. The zero-order chi connectivity index (χ0) is 15.2. The lowest BCUT2D eigenvalue weighted by atomic mass is 10.1. The number of fused-ring (bicyclic) bond motifs is 1. The van der Waals surface area contributed by atoms with E-state index in [-0.39, 0.29) is 18.9 Å². The number of methoxy groups -OCH3 is 1. The van der Waals surface area contributed by atoms with Gasteiger partial charge in [-0.1, -0.05) is 0 Å². The van der Waals surface area contributed by atoms with Crippen LogP contribution in [-0.4, -0.2) is 25.7 Å². The fourth-order valence-corrected chi connectivity index (χ4v) is 1.91. The average molecular weight is 282 g/mol. The van der Waals surface area contributed by atoms with Gasteiger partial charge in [-0.2, -0.15) is 5.26 Å². The molecule has 1 atom stereocenters. The van der Waals surface area contributed by atoms with E-state index in [2.05, 4.69) is 11.2 Å². The Morgan fingerprint density at radius 2 is 2.43 bits per heavy atom. The molecule has 1 aliphatic rings. The largest absolute Gasteiger partial charge is 0.497 e. The SMILES string of the molecule is C#CCC(C#N)NC(=O)C1=Cc2cc(OC)ccc2OC1. The van der Waals surface area contributed by atoms with Gasteiger partial charge < -0.3 is 14.8 Å². The second kappa shape index (κ2) is 6.49. The average Bonchev–Trinajstić information content (AvgIpc) is 2.53. The van der Waals surface area contributed by atoms with Crippen LogP contribution in [0.3, 0.4) is 0 Å². The van der Waals surface area contributed by atoms with Crippen LogP contribution >= 0.6 is 0 Å². The van der Waals surface area contributed by atoms with Crippen molar-refractivity contribution in [2.45, 2.75) is 12.5 Å². The highest BCUT2D eigenvalue weighted by Gasteiger charge is 2.19. The van der Waals surface area contributed by atoms with Crippen LogP contribution in [0.4, 0.5) is 0 Å². The molecule has 1 N–H and O–H groups in total. The number of nitriles is 1. The van der Waals surface area contributed by atoms with Crippen molar-refractivity contribution in [3.8, 4) is 29.9 Å². The van der Waals surface area contributed by atoms with Crippen LogP contribution in [0, 0.1) is 23.7 Å². The molecule has 1 aliphatic heterocycles. The molecule has 0 saturated heterocycles. The second-order valence-corrected chi connectivity index (χ2v) is 4.43. The van der Waals surface area contributed by atoms with Gasteiger partial charge in [0, 0.05) is 12.0 Å². The summed E-state index contributed by atoms with van der Waals surface area (Å²) in [4.78, 5) is 12.1. The molecule has 0 fully saturated rings. The van der Waals surface area contributed by atoms with Crippen LogP contribution in [0.1, 0.15) is 12.0 Å². The van der Waals surface area contributed by atoms with Crippen molar-refractivity contribution in [1.82, 2.24) is 5.32 Å². The number of hydrogen-bond donors (Lipinski definition) is 1. The monoisotopic (exact) mass is 282 g/mol. The zero-order valence-electron chi connectivity index (χ0n) is 11.6. The van der Waals surface area contributed by atoms with Gasteiger partial charge >= 0.3 is 0 Å². The van der Waals surface area contributed by atoms with Gasteiger partial charge in [0.2, 0.25) is 0 Å².